The molecule has 6 rings (SSSR count). The summed E-state index contributed by atoms with van der Waals surface area (Å²) in [7, 11) is -1.64. The number of hydrogen-bond donors (Lipinski definition) is 1. The average molecular weight is 664 g/mol. The van der Waals surface area contributed by atoms with Crippen LogP contribution in [-0.4, -0.2) is 68.3 Å². The standard InChI is InChI=1S/C32H34F5N5O3S/c1-4-27(43)42-19(2)15-40(16-20(42)3)29-24-13-21(32(35,36)37)14-25-28(24)41(30(44)39-29)17-22(45-26-7-5-6-12-38-26)18-46(25)23-8-10-31(33,34)11-9-23/h4-8,12-14,19-20,22,46H,1,9-11,15-18H2,2-3H3/t19-,20+,22-/m0/s1. The van der Waals surface area contributed by atoms with Crippen LogP contribution in [-0.2, 0) is 17.5 Å². The molecule has 4 heterocycles. The topological polar surface area (TPSA) is 80.6 Å². The molecular weight excluding hydrogens is 629 g/mol. The normalized spacial score (nSPS) is 25.5. The first-order valence-electron chi connectivity index (χ1n) is 15.0. The second-order valence-electron chi connectivity index (χ2n) is 12.0. The van der Waals surface area contributed by atoms with Crippen molar-refractivity contribution < 1.29 is 31.5 Å². The number of thiol groups is 1. The summed E-state index contributed by atoms with van der Waals surface area (Å²) >= 11 is 0. The molecule has 0 bridgehead atoms. The van der Waals surface area contributed by atoms with Crippen LogP contribution in [0.4, 0.5) is 27.8 Å². The van der Waals surface area contributed by atoms with E-state index in [2.05, 4.69) is 16.5 Å². The fourth-order valence-corrected chi connectivity index (χ4v) is 9.54. The van der Waals surface area contributed by atoms with E-state index in [1.165, 1.54) is 22.9 Å². The molecule has 1 aliphatic carbocycles. The zero-order chi connectivity index (χ0) is 33.0. The van der Waals surface area contributed by atoms with Crippen molar-refractivity contribution in [2.75, 3.05) is 23.7 Å². The quantitative estimate of drug-likeness (QED) is 0.207. The molecule has 8 nitrogen and oxygen atoms in total. The monoisotopic (exact) mass is 663 g/mol. The Hall–Kier alpha value is -3.94. The highest BCUT2D eigenvalue weighted by Gasteiger charge is 2.40. The number of amides is 1. The van der Waals surface area contributed by atoms with Gasteiger partial charge in [0.25, 0.3) is 5.92 Å². The number of rotatable bonds is 5. The number of allylic oxidation sites excluding steroid dienone is 2. The molecule has 0 saturated carbocycles. The third-order valence-electron chi connectivity index (χ3n) is 8.73. The van der Waals surface area contributed by atoms with Crippen molar-refractivity contribution in [3.05, 3.63) is 76.2 Å². The highest BCUT2D eigenvalue weighted by atomic mass is 32.2. The number of ether oxygens (including phenoxy) is 1. The van der Waals surface area contributed by atoms with Crippen molar-refractivity contribution in [3.8, 4) is 5.88 Å². The van der Waals surface area contributed by atoms with E-state index in [0.29, 0.717) is 10.4 Å². The van der Waals surface area contributed by atoms with Crippen molar-refractivity contribution in [3.63, 3.8) is 0 Å². The molecule has 1 saturated heterocycles. The number of nitrogens with zero attached hydrogens (tertiary/aromatic N) is 5. The number of carbonyl (C=O) groups is 1. The SMILES string of the molecule is C=CC(=O)N1[C@H](C)CN(c2nc(=O)n3c4c(cc(C(F)(F)F)cc24)[SH](C2=CCC(F)(F)CC2)C[C@@H](Oc2ccccn2)C3)C[C@@H]1C. The molecular formula is C32H34F5N5O3S. The lowest BCUT2D eigenvalue weighted by molar-refractivity contribution is -0.137. The molecule has 1 fully saturated rings. The Bertz CT molecular complexity index is 1750. The van der Waals surface area contributed by atoms with Crippen molar-refractivity contribution in [1.82, 2.24) is 19.4 Å². The predicted octanol–water partition coefficient (Wildman–Crippen LogP) is 5.95. The maximum Gasteiger partial charge on any atom is 0.416 e. The van der Waals surface area contributed by atoms with Gasteiger partial charge in [0.05, 0.1) is 17.6 Å². The van der Waals surface area contributed by atoms with Gasteiger partial charge in [-0.1, -0.05) is 18.7 Å². The van der Waals surface area contributed by atoms with Crippen LogP contribution in [0.1, 0.15) is 38.7 Å². The fourth-order valence-electron chi connectivity index (χ4n) is 6.72. The molecule has 4 atom stereocenters. The van der Waals surface area contributed by atoms with Gasteiger partial charge in [0.1, 0.15) is 11.9 Å². The Morgan fingerprint density at radius 2 is 1.89 bits per heavy atom. The molecule has 1 amide bonds. The first-order valence-corrected chi connectivity index (χ1v) is 16.6. The third kappa shape index (κ3) is 6.10. The van der Waals surface area contributed by atoms with E-state index in [1.807, 2.05) is 13.8 Å². The van der Waals surface area contributed by atoms with E-state index in [-0.39, 0.29) is 71.8 Å². The maximum absolute atomic E-state index is 14.5. The van der Waals surface area contributed by atoms with Crippen molar-refractivity contribution in [2.24, 2.45) is 0 Å². The van der Waals surface area contributed by atoms with Crippen molar-refractivity contribution in [2.45, 2.75) is 74.8 Å². The van der Waals surface area contributed by atoms with Crippen LogP contribution in [0.5, 0.6) is 5.88 Å². The molecule has 3 aliphatic rings. The molecule has 0 radical (unpaired) electrons. The summed E-state index contributed by atoms with van der Waals surface area (Å²) in [4.78, 5) is 39.3. The zero-order valence-electron chi connectivity index (χ0n) is 25.3. The first kappa shape index (κ1) is 32.0. The van der Waals surface area contributed by atoms with Crippen LogP contribution < -0.4 is 15.3 Å². The minimum absolute atomic E-state index is 0.0171. The average Bonchev–Trinajstić information content (AvgIpc) is 3.16. The van der Waals surface area contributed by atoms with Crippen LogP contribution in [0.3, 0.4) is 0 Å². The lowest BCUT2D eigenvalue weighted by Crippen LogP contribution is -2.58. The van der Waals surface area contributed by atoms with E-state index in [9.17, 15) is 31.5 Å². The van der Waals surface area contributed by atoms with Crippen LogP contribution in [0.25, 0.3) is 10.9 Å². The minimum atomic E-state index is -4.73. The first-order chi connectivity index (χ1) is 21.8. The van der Waals surface area contributed by atoms with Crippen LogP contribution in [0.2, 0.25) is 0 Å². The van der Waals surface area contributed by atoms with Gasteiger partial charge in [-0.2, -0.15) is 29.1 Å². The number of aromatic nitrogens is 3. The molecule has 0 N–H and O–H groups in total. The van der Waals surface area contributed by atoms with Crippen LogP contribution >= 0.6 is 10.9 Å². The van der Waals surface area contributed by atoms with E-state index >= 15 is 0 Å². The largest absolute Gasteiger partial charge is 0.472 e. The van der Waals surface area contributed by atoms with Gasteiger partial charge in [0.15, 0.2) is 0 Å². The Morgan fingerprint density at radius 1 is 1.15 bits per heavy atom. The van der Waals surface area contributed by atoms with Gasteiger partial charge in [0, 0.05) is 66.3 Å². The van der Waals surface area contributed by atoms with Gasteiger partial charge >= 0.3 is 11.9 Å². The van der Waals surface area contributed by atoms with Gasteiger partial charge in [-0.3, -0.25) is 9.36 Å². The number of carbonyl (C=O) groups excluding carboxylic acids is 1. The summed E-state index contributed by atoms with van der Waals surface area (Å²) in [6.45, 7) is 7.63. The highest BCUT2D eigenvalue weighted by molar-refractivity contribution is 8.20. The van der Waals surface area contributed by atoms with Crippen LogP contribution in [0, 0.1) is 0 Å². The Morgan fingerprint density at radius 3 is 2.50 bits per heavy atom. The number of pyridine rings is 1. The summed E-state index contributed by atoms with van der Waals surface area (Å²) in [5.41, 5.74) is -1.28. The molecule has 3 aromatic rings. The molecule has 246 valence electrons. The van der Waals surface area contributed by atoms with Crippen molar-refractivity contribution in [1.29, 1.82) is 0 Å². The Kier molecular flexibility index (Phi) is 8.36. The van der Waals surface area contributed by atoms with Gasteiger partial charge in [-0.15, -0.1) is 0 Å². The highest BCUT2D eigenvalue weighted by Crippen LogP contribution is 2.55. The summed E-state index contributed by atoms with van der Waals surface area (Å²) in [5, 5.41) is 0.139. The zero-order valence-corrected chi connectivity index (χ0v) is 26.2. The van der Waals surface area contributed by atoms with Gasteiger partial charge < -0.3 is 14.5 Å². The molecule has 14 heteroatoms. The van der Waals surface area contributed by atoms with Crippen molar-refractivity contribution >= 4 is 33.5 Å². The van der Waals surface area contributed by atoms with Gasteiger partial charge in [-0.05, 0) is 49.4 Å². The van der Waals surface area contributed by atoms with Gasteiger partial charge in [-0.25, -0.2) is 18.6 Å². The Balaban J connectivity index is 1.56. The number of piperazine rings is 1. The minimum Gasteiger partial charge on any atom is -0.472 e. The van der Waals surface area contributed by atoms with Crippen LogP contribution in [0.15, 0.2) is 69.9 Å². The molecule has 0 spiro atoms. The number of halogens is 5. The van der Waals surface area contributed by atoms with E-state index < -0.39 is 53.2 Å². The summed E-state index contributed by atoms with van der Waals surface area (Å²) in [6.07, 6.45) is -2.13. The maximum atomic E-state index is 14.5. The summed E-state index contributed by atoms with van der Waals surface area (Å²) < 4.78 is 79.7. The molecule has 46 heavy (non-hydrogen) atoms. The molecule has 1 unspecified atom stereocenters. The molecule has 1 aromatic carbocycles. The lowest BCUT2D eigenvalue weighted by Gasteiger charge is -2.44. The number of alkyl halides is 5. The molecule has 2 aliphatic heterocycles. The smallest absolute Gasteiger partial charge is 0.416 e. The number of anilines is 1. The third-order valence-corrected chi connectivity index (χ3v) is 11.5. The van der Waals surface area contributed by atoms with E-state index in [1.54, 1.807) is 28.0 Å². The number of hydrogen-bond acceptors (Lipinski definition) is 6. The molecule has 2 aromatic heterocycles. The van der Waals surface area contributed by atoms with Gasteiger partial charge in [0.2, 0.25) is 11.8 Å². The van der Waals surface area contributed by atoms with E-state index in [0.717, 1.165) is 12.1 Å². The Labute approximate surface area is 264 Å². The second-order valence-corrected chi connectivity index (χ2v) is 14.3. The summed E-state index contributed by atoms with van der Waals surface area (Å²) in [6, 6.07) is 6.46. The fraction of sp³-hybridized carbons (Fsp3) is 0.438. The predicted molar refractivity (Wildman–Crippen MR) is 167 cm³/mol. The lowest BCUT2D eigenvalue weighted by atomic mass is 10.0. The van der Waals surface area contributed by atoms with E-state index in [4.69, 9.17) is 4.74 Å². The second kappa shape index (κ2) is 12.0. The summed E-state index contributed by atoms with van der Waals surface area (Å²) in [5.74, 6) is -2.59. The number of benzene rings is 1.